The molecule has 0 aliphatic carbocycles. The van der Waals surface area contributed by atoms with Gasteiger partial charge in [-0.1, -0.05) is 19.4 Å². The molecule has 0 spiro atoms. The summed E-state index contributed by atoms with van der Waals surface area (Å²) in [6.45, 7) is 3.61. The van der Waals surface area contributed by atoms with E-state index in [1.165, 1.54) is 20.3 Å². The van der Waals surface area contributed by atoms with Crippen LogP contribution < -0.4 is 19.1 Å². The Kier molecular flexibility index (Phi) is 9.72. The van der Waals surface area contributed by atoms with Gasteiger partial charge >= 0.3 is 5.97 Å². The van der Waals surface area contributed by atoms with Gasteiger partial charge in [-0.2, -0.15) is 0 Å². The van der Waals surface area contributed by atoms with Gasteiger partial charge in [0.15, 0.2) is 0 Å². The molecule has 0 aromatic heterocycles. The second-order valence-corrected chi connectivity index (χ2v) is 10.3. The predicted molar refractivity (Wildman–Crippen MR) is 146 cm³/mol. The quantitative estimate of drug-likeness (QED) is 0.259. The summed E-state index contributed by atoms with van der Waals surface area (Å²) in [5, 5.41) is 2.69. The van der Waals surface area contributed by atoms with E-state index < -0.39 is 28.4 Å². The van der Waals surface area contributed by atoms with Gasteiger partial charge in [0.25, 0.3) is 10.0 Å². The number of amides is 1. The molecule has 38 heavy (non-hydrogen) atoms. The lowest BCUT2D eigenvalue weighted by atomic mass is 10.2. The van der Waals surface area contributed by atoms with Crippen molar-refractivity contribution in [3.8, 4) is 11.5 Å². The highest BCUT2D eigenvalue weighted by Gasteiger charge is 2.30. The van der Waals surface area contributed by atoms with Crippen molar-refractivity contribution in [3.63, 3.8) is 0 Å². The highest BCUT2D eigenvalue weighted by Crippen LogP contribution is 2.31. The number of methoxy groups -OCH3 is 2. The molecule has 9 nitrogen and oxygen atoms in total. The van der Waals surface area contributed by atoms with E-state index in [1.807, 2.05) is 6.92 Å². The number of carbonyl (C=O) groups is 2. The first-order valence-electron chi connectivity index (χ1n) is 12.1. The van der Waals surface area contributed by atoms with Crippen LogP contribution in [-0.4, -0.2) is 47.7 Å². The summed E-state index contributed by atoms with van der Waals surface area (Å²) >= 11 is 0. The summed E-state index contributed by atoms with van der Waals surface area (Å²) in [5.41, 5.74) is 1.75. The van der Waals surface area contributed by atoms with E-state index in [-0.39, 0.29) is 16.3 Å². The molecule has 1 N–H and O–H groups in total. The molecule has 202 valence electrons. The molecule has 3 rings (SSSR count). The van der Waals surface area contributed by atoms with Gasteiger partial charge < -0.3 is 19.5 Å². The zero-order chi connectivity index (χ0) is 27.7. The third-order valence-electron chi connectivity index (χ3n) is 5.67. The van der Waals surface area contributed by atoms with E-state index in [4.69, 9.17) is 14.2 Å². The number of aryl methyl sites for hydroxylation is 1. The van der Waals surface area contributed by atoms with Crippen LogP contribution in [0.15, 0.2) is 71.6 Å². The normalized spacial score (nSPS) is 10.9. The van der Waals surface area contributed by atoms with Crippen LogP contribution in [0.4, 0.5) is 11.4 Å². The fraction of sp³-hybridized carbons (Fsp3) is 0.286. The van der Waals surface area contributed by atoms with E-state index in [2.05, 4.69) is 5.32 Å². The Morgan fingerprint density at radius 3 is 2.21 bits per heavy atom. The SMILES string of the molecule is CCCCOC(=O)c1ccc(NC(=O)CN(c2ccc(OC)cc2)S(=O)(=O)c2cc(C)ccc2OC)cc1. The van der Waals surface area contributed by atoms with Gasteiger partial charge in [0, 0.05) is 5.69 Å². The van der Waals surface area contributed by atoms with Crippen LogP contribution in [0.25, 0.3) is 0 Å². The molecule has 3 aromatic carbocycles. The van der Waals surface area contributed by atoms with E-state index in [1.54, 1.807) is 67.6 Å². The summed E-state index contributed by atoms with van der Waals surface area (Å²) in [6.07, 6.45) is 1.69. The van der Waals surface area contributed by atoms with Gasteiger partial charge in [0.05, 0.1) is 32.1 Å². The average Bonchev–Trinajstić information content (AvgIpc) is 2.92. The Morgan fingerprint density at radius 1 is 0.921 bits per heavy atom. The number of carbonyl (C=O) groups excluding carboxylic acids is 2. The number of nitrogens with one attached hydrogen (secondary N) is 1. The van der Waals surface area contributed by atoms with E-state index >= 15 is 0 Å². The number of unbranched alkanes of at least 4 members (excludes halogenated alkanes) is 1. The standard InChI is InChI=1S/C28H32N2O7S/c1-5-6-17-37-28(32)21-8-10-22(11-9-21)29-27(31)19-30(23-12-14-24(35-3)15-13-23)38(33,34)26-18-20(2)7-16-25(26)36-4/h7-16,18H,5-6,17,19H2,1-4H3,(H,29,31). The second-order valence-electron chi connectivity index (χ2n) is 8.48. The van der Waals surface area contributed by atoms with Crippen LogP contribution in [-0.2, 0) is 19.6 Å². The minimum absolute atomic E-state index is 0.0606. The van der Waals surface area contributed by atoms with Gasteiger partial charge in [-0.15, -0.1) is 0 Å². The van der Waals surface area contributed by atoms with Crippen molar-refractivity contribution in [3.05, 3.63) is 77.9 Å². The number of benzene rings is 3. The maximum Gasteiger partial charge on any atom is 0.338 e. The maximum absolute atomic E-state index is 13.8. The fourth-order valence-corrected chi connectivity index (χ4v) is 5.25. The molecule has 10 heteroatoms. The Labute approximate surface area is 223 Å². The Morgan fingerprint density at radius 2 is 1.61 bits per heavy atom. The highest BCUT2D eigenvalue weighted by atomic mass is 32.2. The Bertz CT molecular complexity index is 1350. The average molecular weight is 541 g/mol. The monoisotopic (exact) mass is 540 g/mol. The minimum atomic E-state index is -4.21. The molecule has 0 saturated carbocycles. The summed E-state index contributed by atoms with van der Waals surface area (Å²) in [4.78, 5) is 25.1. The molecular weight excluding hydrogens is 508 g/mol. The van der Waals surface area contributed by atoms with Gasteiger partial charge in [-0.05, 0) is 79.6 Å². The molecule has 0 radical (unpaired) electrons. The zero-order valence-electron chi connectivity index (χ0n) is 21.9. The van der Waals surface area contributed by atoms with Crippen molar-refractivity contribution >= 4 is 33.3 Å². The maximum atomic E-state index is 13.8. The highest BCUT2D eigenvalue weighted by molar-refractivity contribution is 7.93. The molecule has 0 bridgehead atoms. The lowest BCUT2D eigenvalue weighted by Crippen LogP contribution is -2.38. The number of esters is 1. The lowest BCUT2D eigenvalue weighted by molar-refractivity contribution is -0.114. The third kappa shape index (κ3) is 7.04. The minimum Gasteiger partial charge on any atom is -0.497 e. The van der Waals surface area contributed by atoms with Crippen molar-refractivity contribution in [1.29, 1.82) is 0 Å². The lowest BCUT2D eigenvalue weighted by Gasteiger charge is -2.25. The van der Waals surface area contributed by atoms with Crippen LogP contribution in [0, 0.1) is 6.92 Å². The molecular formula is C28H32N2O7S. The van der Waals surface area contributed by atoms with E-state index in [0.717, 1.165) is 22.7 Å². The number of ether oxygens (including phenoxy) is 3. The smallest absolute Gasteiger partial charge is 0.338 e. The number of sulfonamides is 1. The van der Waals surface area contributed by atoms with Crippen LogP contribution >= 0.6 is 0 Å². The molecule has 1 amide bonds. The Hall–Kier alpha value is -4.05. The topological polar surface area (TPSA) is 111 Å². The van der Waals surface area contributed by atoms with Crippen LogP contribution in [0.2, 0.25) is 0 Å². The van der Waals surface area contributed by atoms with Gasteiger partial charge in [-0.3, -0.25) is 9.10 Å². The Balaban J connectivity index is 1.86. The first kappa shape index (κ1) is 28.5. The molecule has 0 heterocycles. The molecule has 0 fully saturated rings. The first-order valence-corrected chi connectivity index (χ1v) is 13.5. The van der Waals surface area contributed by atoms with E-state index in [9.17, 15) is 18.0 Å². The molecule has 0 atom stereocenters. The first-order chi connectivity index (χ1) is 18.2. The largest absolute Gasteiger partial charge is 0.497 e. The summed E-state index contributed by atoms with van der Waals surface area (Å²) in [7, 11) is -1.32. The van der Waals surface area contributed by atoms with Crippen molar-refractivity contribution in [2.75, 3.05) is 37.0 Å². The zero-order valence-corrected chi connectivity index (χ0v) is 22.7. The van der Waals surface area contributed by atoms with Crippen LogP contribution in [0.5, 0.6) is 11.5 Å². The summed E-state index contributed by atoms with van der Waals surface area (Å²) in [6, 6.07) is 17.4. The predicted octanol–water partition coefficient (Wildman–Crippen LogP) is 4.80. The second kappa shape index (κ2) is 13.0. The van der Waals surface area contributed by atoms with Crippen molar-refractivity contribution in [2.24, 2.45) is 0 Å². The fourth-order valence-electron chi connectivity index (χ4n) is 3.58. The van der Waals surface area contributed by atoms with Gasteiger partial charge in [-0.25, -0.2) is 13.2 Å². The molecule has 0 unspecified atom stereocenters. The molecule has 0 saturated heterocycles. The number of anilines is 2. The van der Waals surface area contributed by atoms with Crippen molar-refractivity contribution in [1.82, 2.24) is 0 Å². The number of nitrogens with zero attached hydrogens (tertiary/aromatic N) is 1. The third-order valence-corrected chi connectivity index (χ3v) is 7.47. The van der Waals surface area contributed by atoms with Gasteiger partial charge in [0.2, 0.25) is 5.91 Å². The van der Waals surface area contributed by atoms with E-state index in [0.29, 0.717) is 23.6 Å². The molecule has 0 aliphatic heterocycles. The summed E-state index contributed by atoms with van der Waals surface area (Å²) < 4.78 is 44.3. The van der Waals surface area contributed by atoms with Crippen LogP contribution in [0.3, 0.4) is 0 Å². The van der Waals surface area contributed by atoms with Crippen molar-refractivity contribution < 1.29 is 32.2 Å². The number of hydrogen-bond donors (Lipinski definition) is 1. The van der Waals surface area contributed by atoms with Crippen molar-refractivity contribution in [2.45, 2.75) is 31.6 Å². The molecule has 0 aliphatic rings. The number of rotatable bonds is 12. The number of hydrogen-bond acceptors (Lipinski definition) is 7. The van der Waals surface area contributed by atoms with Gasteiger partial charge in [0.1, 0.15) is 22.9 Å². The van der Waals surface area contributed by atoms with Crippen LogP contribution in [0.1, 0.15) is 35.7 Å². The molecule has 3 aromatic rings. The summed E-state index contributed by atoms with van der Waals surface area (Å²) in [5.74, 6) is -0.317.